The number of rotatable bonds is 3. The van der Waals surface area contributed by atoms with E-state index in [-0.39, 0.29) is 18.0 Å². The summed E-state index contributed by atoms with van der Waals surface area (Å²) in [5, 5.41) is 12.8. The van der Waals surface area contributed by atoms with Gasteiger partial charge in [-0.1, -0.05) is 11.3 Å². The molecule has 0 unspecified atom stereocenters. The van der Waals surface area contributed by atoms with Crippen LogP contribution in [0.5, 0.6) is 0 Å². The molecular formula is C18H20N6O2. The summed E-state index contributed by atoms with van der Waals surface area (Å²) < 4.78 is 2.72. The van der Waals surface area contributed by atoms with Gasteiger partial charge in [0.1, 0.15) is 11.9 Å². The van der Waals surface area contributed by atoms with E-state index in [0.717, 1.165) is 41.9 Å². The van der Waals surface area contributed by atoms with Gasteiger partial charge in [-0.3, -0.25) is 9.59 Å². The zero-order valence-corrected chi connectivity index (χ0v) is 14.8. The molecule has 2 aromatic heterocycles. The van der Waals surface area contributed by atoms with Crippen LogP contribution in [0.1, 0.15) is 24.0 Å². The highest BCUT2D eigenvalue weighted by atomic mass is 16.2. The molecule has 0 spiro atoms. The monoisotopic (exact) mass is 352 g/mol. The molecule has 0 atom stereocenters. The van der Waals surface area contributed by atoms with Crippen molar-refractivity contribution in [2.75, 3.05) is 13.1 Å². The third-order valence-corrected chi connectivity index (χ3v) is 4.93. The molecule has 8 heteroatoms. The van der Waals surface area contributed by atoms with Gasteiger partial charge < -0.3 is 4.90 Å². The number of hydrogen-bond donors (Lipinski definition) is 0. The number of aryl methyl sites for hydroxylation is 2. The Balaban J connectivity index is 1.70. The zero-order chi connectivity index (χ0) is 18.3. The van der Waals surface area contributed by atoms with E-state index in [2.05, 4.69) is 15.4 Å². The molecular weight excluding hydrogens is 332 g/mol. The standard InChI is InChI=1S/C18H20N6O2/c1-12-5-6-14(9-13(12)2)24-17-15(10-19-24)18(26)23(21-20-17)11-16(25)22-7-3-4-8-22/h5-6,9-10H,3-4,7-8,11H2,1-2H3. The van der Waals surface area contributed by atoms with Gasteiger partial charge in [0.25, 0.3) is 5.56 Å². The van der Waals surface area contributed by atoms with Gasteiger partial charge in [0.05, 0.1) is 11.9 Å². The molecule has 3 aromatic rings. The van der Waals surface area contributed by atoms with E-state index in [1.165, 1.54) is 11.8 Å². The van der Waals surface area contributed by atoms with Crippen LogP contribution in [0.4, 0.5) is 0 Å². The Morgan fingerprint density at radius 1 is 1.15 bits per heavy atom. The Labute approximate surface area is 150 Å². The van der Waals surface area contributed by atoms with Crippen molar-refractivity contribution in [2.45, 2.75) is 33.2 Å². The van der Waals surface area contributed by atoms with Crippen molar-refractivity contribution in [3.8, 4) is 5.69 Å². The summed E-state index contributed by atoms with van der Waals surface area (Å²) in [6, 6.07) is 5.92. The average Bonchev–Trinajstić information content (AvgIpc) is 3.29. The molecule has 4 rings (SSSR count). The fourth-order valence-corrected chi connectivity index (χ4v) is 3.21. The number of nitrogens with zero attached hydrogens (tertiary/aromatic N) is 6. The quantitative estimate of drug-likeness (QED) is 0.707. The molecule has 1 saturated heterocycles. The second-order valence-corrected chi connectivity index (χ2v) is 6.70. The van der Waals surface area contributed by atoms with Gasteiger partial charge in [-0.05, 0) is 49.9 Å². The SMILES string of the molecule is Cc1ccc(-n2ncc3c(=O)n(CC(=O)N4CCCC4)nnc32)cc1C. The maximum absolute atomic E-state index is 12.7. The fourth-order valence-electron chi connectivity index (χ4n) is 3.21. The maximum Gasteiger partial charge on any atom is 0.281 e. The van der Waals surface area contributed by atoms with Crippen LogP contribution in [0.3, 0.4) is 0 Å². The summed E-state index contributed by atoms with van der Waals surface area (Å²) in [7, 11) is 0. The van der Waals surface area contributed by atoms with Crippen molar-refractivity contribution < 1.29 is 4.79 Å². The second kappa shape index (κ2) is 6.36. The topological polar surface area (TPSA) is 85.9 Å². The largest absolute Gasteiger partial charge is 0.341 e. The molecule has 1 aromatic carbocycles. The summed E-state index contributed by atoms with van der Waals surface area (Å²) in [4.78, 5) is 26.7. The molecule has 0 aliphatic carbocycles. The van der Waals surface area contributed by atoms with Crippen molar-refractivity contribution in [1.29, 1.82) is 0 Å². The van der Waals surface area contributed by atoms with Crippen molar-refractivity contribution in [2.24, 2.45) is 0 Å². The number of aromatic nitrogens is 5. The molecule has 1 fully saturated rings. The van der Waals surface area contributed by atoms with Gasteiger partial charge in [0.2, 0.25) is 5.91 Å². The number of likely N-dealkylation sites (tertiary alicyclic amines) is 1. The van der Waals surface area contributed by atoms with Crippen LogP contribution >= 0.6 is 0 Å². The lowest BCUT2D eigenvalue weighted by molar-refractivity contribution is -0.131. The molecule has 1 aliphatic rings. The van der Waals surface area contributed by atoms with E-state index < -0.39 is 0 Å². The summed E-state index contributed by atoms with van der Waals surface area (Å²) in [6.45, 7) is 5.46. The Hall–Kier alpha value is -3.03. The van der Waals surface area contributed by atoms with Crippen LogP contribution in [0.25, 0.3) is 16.7 Å². The molecule has 8 nitrogen and oxygen atoms in total. The molecule has 1 amide bonds. The van der Waals surface area contributed by atoms with Crippen LogP contribution < -0.4 is 5.56 Å². The lowest BCUT2D eigenvalue weighted by Crippen LogP contribution is -2.36. The van der Waals surface area contributed by atoms with E-state index in [0.29, 0.717) is 11.0 Å². The Kier molecular flexibility index (Phi) is 4.02. The molecule has 0 radical (unpaired) electrons. The number of hydrogen-bond acceptors (Lipinski definition) is 5. The van der Waals surface area contributed by atoms with Crippen molar-refractivity contribution >= 4 is 16.9 Å². The number of fused-ring (bicyclic) bond motifs is 1. The molecule has 1 aliphatic heterocycles. The van der Waals surface area contributed by atoms with Crippen LogP contribution in [0.2, 0.25) is 0 Å². The summed E-state index contributed by atoms with van der Waals surface area (Å²) in [6.07, 6.45) is 3.50. The van der Waals surface area contributed by atoms with Crippen LogP contribution in [0, 0.1) is 13.8 Å². The van der Waals surface area contributed by atoms with E-state index in [9.17, 15) is 9.59 Å². The van der Waals surface area contributed by atoms with E-state index in [4.69, 9.17) is 0 Å². The lowest BCUT2D eigenvalue weighted by atomic mass is 10.1. The van der Waals surface area contributed by atoms with Gasteiger partial charge in [0.15, 0.2) is 5.65 Å². The minimum absolute atomic E-state index is 0.0867. The summed E-state index contributed by atoms with van der Waals surface area (Å²) >= 11 is 0. The fraction of sp³-hybridized carbons (Fsp3) is 0.389. The lowest BCUT2D eigenvalue weighted by Gasteiger charge is -2.14. The first kappa shape index (κ1) is 16.4. The van der Waals surface area contributed by atoms with E-state index in [1.807, 2.05) is 32.0 Å². The van der Waals surface area contributed by atoms with Crippen LogP contribution in [0.15, 0.2) is 29.2 Å². The summed E-state index contributed by atoms with van der Waals surface area (Å²) in [5.74, 6) is -0.0974. The second-order valence-electron chi connectivity index (χ2n) is 6.70. The van der Waals surface area contributed by atoms with Gasteiger partial charge in [-0.25, -0.2) is 9.36 Å². The van der Waals surface area contributed by atoms with Gasteiger partial charge in [0, 0.05) is 13.1 Å². The summed E-state index contributed by atoms with van der Waals surface area (Å²) in [5.41, 5.74) is 3.17. The first-order valence-corrected chi connectivity index (χ1v) is 8.71. The smallest absolute Gasteiger partial charge is 0.281 e. The van der Waals surface area contributed by atoms with Crippen LogP contribution in [-0.2, 0) is 11.3 Å². The molecule has 0 bridgehead atoms. The van der Waals surface area contributed by atoms with Gasteiger partial charge in [-0.2, -0.15) is 5.10 Å². The van der Waals surface area contributed by atoms with E-state index in [1.54, 1.807) is 9.58 Å². The highest BCUT2D eigenvalue weighted by molar-refractivity contribution is 5.77. The molecule has 26 heavy (non-hydrogen) atoms. The van der Waals surface area contributed by atoms with Crippen molar-refractivity contribution in [3.05, 3.63) is 45.9 Å². The normalized spacial score (nSPS) is 14.3. The number of amides is 1. The predicted molar refractivity (Wildman–Crippen MR) is 96.2 cm³/mol. The first-order chi connectivity index (χ1) is 12.5. The van der Waals surface area contributed by atoms with Crippen LogP contribution in [-0.4, -0.2) is 48.7 Å². The molecule has 0 N–H and O–H groups in total. The maximum atomic E-state index is 12.7. The number of carbonyl (C=O) groups is 1. The minimum atomic E-state index is -0.349. The third-order valence-electron chi connectivity index (χ3n) is 4.93. The van der Waals surface area contributed by atoms with Crippen molar-refractivity contribution in [1.82, 2.24) is 29.7 Å². The predicted octanol–water partition coefficient (Wildman–Crippen LogP) is 1.22. The highest BCUT2D eigenvalue weighted by Gasteiger charge is 2.20. The molecule has 134 valence electrons. The number of carbonyl (C=O) groups excluding carboxylic acids is 1. The van der Waals surface area contributed by atoms with Crippen molar-refractivity contribution in [3.63, 3.8) is 0 Å². The zero-order valence-electron chi connectivity index (χ0n) is 14.8. The Morgan fingerprint density at radius 2 is 1.92 bits per heavy atom. The molecule has 3 heterocycles. The molecule has 0 saturated carbocycles. The minimum Gasteiger partial charge on any atom is -0.341 e. The Bertz CT molecular complexity index is 1050. The van der Waals surface area contributed by atoms with Gasteiger partial charge >= 0.3 is 0 Å². The Morgan fingerprint density at radius 3 is 2.65 bits per heavy atom. The van der Waals surface area contributed by atoms with E-state index >= 15 is 0 Å². The third kappa shape index (κ3) is 2.77. The highest BCUT2D eigenvalue weighted by Crippen LogP contribution is 2.17. The first-order valence-electron chi connectivity index (χ1n) is 8.71. The van der Waals surface area contributed by atoms with Gasteiger partial charge in [-0.15, -0.1) is 5.10 Å². The number of benzene rings is 1. The average molecular weight is 352 g/mol.